The van der Waals surface area contributed by atoms with Gasteiger partial charge in [0, 0.05) is 25.9 Å². The number of imidazole rings is 1. The van der Waals surface area contributed by atoms with Gasteiger partial charge in [-0.1, -0.05) is 12.1 Å². The monoisotopic (exact) mass is 287 g/mol. The number of unbranched alkanes of at least 4 members (excludes halogenated alkanes) is 2. The number of aromatic nitrogens is 2. The van der Waals surface area contributed by atoms with Crippen molar-refractivity contribution in [1.82, 2.24) is 9.55 Å². The molecular formula is C16H21N3O2. The average molecular weight is 287 g/mol. The maximum absolute atomic E-state index is 11.1. The summed E-state index contributed by atoms with van der Waals surface area (Å²) in [5.74, 6) is 0.633. The summed E-state index contributed by atoms with van der Waals surface area (Å²) in [6.45, 7) is 3.13. The van der Waals surface area contributed by atoms with Crippen molar-refractivity contribution in [2.45, 2.75) is 32.7 Å². The molecule has 1 amide bonds. The summed E-state index contributed by atoms with van der Waals surface area (Å²) in [6.07, 6.45) is 8.79. The van der Waals surface area contributed by atoms with E-state index in [1.54, 1.807) is 6.20 Å². The maximum Gasteiger partial charge on any atom is 0.221 e. The molecule has 0 saturated heterocycles. The second-order valence-corrected chi connectivity index (χ2v) is 4.89. The van der Waals surface area contributed by atoms with E-state index in [9.17, 15) is 4.79 Å². The van der Waals surface area contributed by atoms with Crippen LogP contribution in [0.4, 0.5) is 5.69 Å². The first-order valence-corrected chi connectivity index (χ1v) is 7.21. The number of hydrogen-bond acceptors (Lipinski definition) is 3. The molecule has 0 aliphatic rings. The molecule has 5 nitrogen and oxygen atoms in total. The number of carbonyl (C=O) groups is 1. The molecule has 0 spiro atoms. The number of ether oxygens (including phenoxy) is 1. The summed E-state index contributed by atoms with van der Waals surface area (Å²) >= 11 is 0. The van der Waals surface area contributed by atoms with Gasteiger partial charge < -0.3 is 14.6 Å². The number of hydrogen-bond donors (Lipinski definition) is 1. The van der Waals surface area contributed by atoms with Gasteiger partial charge in [0.05, 0.1) is 18.6 Å². The SMILES string of the molecule is CC(=O)Nc1ccccc1OCCCCCn1ccnc1. The van der Waals surface area contributed by atoms with E-state index in [1.165, 1.54) is 6.92 Å². The van der Waals surface area contributed by atoms with Crippen molar-refractivity contribution in [2.24, 2.45) is 0 Å². The molecule has 0 atom stereocenters. The second kappa shape index (κ2) is 8.09. The van der Waals surface area contributed by atoms with E-state index >= 15 is 0 Å². The Morgan fingerprint density at radius 2 is 2.14 bits per heavy atom. The van der Waals surface area contributed by atoms with E-state index in [2.05, 4.69) is 14.9 Å². The number of rotatable bonds is 8. The van der Waals surface area contributed by atoms with Gasteiger partial charge in [-0.15, -0.1) is 0 Å². The van der Waals surface area contributed by atoms with Crippen LogP contribution >= 0.6 is 0 Å². The molecule has 1 aromatic heterocycles. The number of nitrogens with one attached hydrogen (secondary N) is 1. The zero-order chi connectivity index (χ0) is 14.9. The quantitative estimate of drug-likeness (QED) is 0.759. The third-order valence-corrected chi connectivity index (χ3v) is 3.08. The van der Waals surface area contributed by atoms with Gasteiger partial charge in [-0.3, -0.25) is 4.79 Å². The first-order valence-electron chi connectivity index (χ1n) is 7.21. The van der Waals surface area contributed by atoms with E-state index in [-0.39, 0.29) is 5.91 Å². The summed E-state index contributed by atoms with van der Waals surface area (Å²) in [6, 6.07) is 7.50. The summed E-state index contributed by atoms with van der Waals surface area (Å²) in [5, 5.41) is 2.77. The van der Waals surface area contributed by atoms with Gasteiger partial charge in [0.2, 0.25) is 5.91 Å². The van der Waals surface area contributed by atoms with E-state index in [0.717, 1.165) is 37.2 Å². The molecule has 2 rings (SSSR count). The Hall–Kier alpha value is -2.30. The molecule has 1 N–H and O–H groups in total. The van der Waals surface area contributed by atoms with Crippen molar-refractivity contribution in [1.29, 1.82) is 0 Å². The van der Waals surface area contributed by atoms with Crippen LogP contribution in [0.2, 0.25) is 0 Å². The molecule has 5 heteroatoms. The van der Waals surface area contributed by atoms with Crippen LogP contribution in [-0.4, -0.2) is 22.1 Å². The van der Waals surface area contributed by atoms with Crippen molar-refractivity contribution < 1.29 is 9.53 Å². The van der Waals surface area contributed by atoms with E-state index in [0.29, 0.717) is 6.61 Å². The fraction of sp³-hybridized carbons (Fsp3) is 0.375. The largest absolute Gasteiger partial charge is 0.491 e. The molecule has 0 aliphatic heterocycles. The highest BCUT2D eigenvalue weighted by Gasteiger charge is 2.03. The highest BCUT2D eigenvalue weighted by molar-refractivity contribution is 5.90. The molecule has 2 aromatic rings. The summed E-state index contributed by atoms with van der Waals surface area (Å²) in [4.78, 5) is 15.1. The molecule has 112 valence electrons. The Morgan fingerprint density at radius 1 is 1.29 bits per heavy atom. The van der Waals surface area contributed by atoms with Crippen molar-refractivity contribution in [3.63, 3.8) is 0 Å². The molecule has 0 saturated carbocycles. The number of para-hydroxylation sites is 2. The number of benzene rings is 1. The van der Waals surface area contributed by atoms with Gasteiger partial charge >= 0.3 is 0 Å². The zero-order valence-corrected chi connectivity index (χ0v) is 12.3. The minimum absolute atomic E-state index is 0.0913. The van der Waals surface area contributed by atoms with Crippen LogP contribution in [0.1, 0.15) is 26.2 Å². The van der Waals surface area contributed by atoms with Crippen LogP contribution in [-0.2, 0) is 11.3 Å². The van der Waals surface area contributed by atoms with Gasteiger partial charge in [0.25, 0.3) is 0 Å². The minimum atomic E-state index is -0.0913. The predicted octanol–water partition coefficient (Wildman–Crippen LogP) is 3.09. The van der Waals surface area contributed by atoms with Crippen LogP contribution in [0.25, 0.3) is 0 Å². The van der Waals surface area contributed by atoms with Crippen LogP contribution < -0.4 is 10.1 Å². The molecule has 0 unspecified atom stereocenters. The van der Waals surface area contributed by atoms with Crippen LogP contribution in [0.5, 0.6) is 5.75 Å². The number of nitrogens with zero attached hydrogens (tertiary/aromatic N) is 2. The first-order chi connectivity index (χ1) is 10.3. The van der Waals surface area contributed by atoms with Crippen molar-refractivity contribution >= 4 is 11.6 Å². The molecule has 0 aliphatic carbocycles. The molecule has 0 radical (unpaired) electrons. The Kier molecular flexibility index (Phi) is 5.82. The molecule has 0 bridgehead atoms. The fourth-order valence-corrected chi connectivity index (χ4v) is 2.06. The lowest BCUT2D eigenvalue weighted by Crippen LogP contribution is -2.08. The molecular weight excluding hydrogens is 266 g/mol. The van der Waals surface area contributed by atoms with E-state index < -0.39 is 0 Å². The number of carbonyl (C=O) groups excluding carboxylic acids is 1. The lowest BCUT2D eigenvalue weighted by Gasteiger charge is -2.11. The zero-order valence-electron chi connectivity index (χ0n) is 12.3. The third kappa shape index (κ3) is 5.30. The van der Waals surface area contributed by atoms with Crippen LogP contribution in [0.15, 0.2) is 43.0 Å². The Bertz CT molecular complexity index is 552. The smallest absolute Gasteiger partial charge is 0.221 e. The lowest BCUT2D eigenvalue weighted by molar-refractivity contribution is -0.114. The van der Waals surface area contributed by atoms with Crippen LogP contribution in [0.3, 0.4) is 0 Å². The standard InChI is InChI=1S/C16H21N3O2/c1-14(20)18-15-7-3-4-8-16(15)21-12-6-2-5-10-19-11-9-17-13-19/h3-4,7-9,11,13H,2,5-6,10,12H2,1H3,(H,18,20). The van der Waals surface area contributed by atoms with Crippen molar-refractivity contribution in [3.8, 4) is 5.75 Å². The fourth-order valence-electron chi connectivity index (χ4n) is 2.06. The Balaban J connectivity index is 1.67. The minimum Gasteiger partial charge on any atom is -0.491 e. The van der Waals surface area contributed by atoms with Crippen molar-refractivity contribution in [2.75, 3.05) is 11.9 Å². The van der Waals surface area contributed by atoms with E-state index in [4.69, 9.17) is 4.74 Å². The van der Waals surface area contributed by atoms with E-state index in [1.807, 2.05) is 36.8 Å². The van der Waals surface area contributed by atoms with Crippen LogP contribution in [0, 0.1) is 0 Å². The molecule has 0 fully saturated rings. The number of amides is 1. The van der Waals surface area contributed by atoms with Gasteiger partial charge in [-0.05, 0) is 31.4 Å². The first kappa shape index (κ1) is 15.1. The van der Waals surface area contributed by atoms with Crippen molar-refractivity contribution in [3.05, 3.63) is 43.0 Å². The summed E-state index contributed by atoms with van der Waals surface area (Å²) in [7, 11) is 0. The molecule has 1 aromatic carbocycles. The number of aryl methyl sites for hydroxylation is 1. The van der Waals surface area contributed by atoms with Gasteiger partial charge in [-0.2, -0.15) is 0 Å². The van der Waals surface area contributed by atoms with Gasteiger partial charge in [0.1, 0.15) is 5.75 Å². The Morgan fingerprint density at radius 3 is 2.90 bits per heavy atom. The summed E-state index contributed by atoms with van der Waals surface area (Å²) in [5.41, 5.74) is 0.725. The summed E-state index contributed by atoms with van der Waals surface area (Å²) < 4.78 is 7.82. The Labute approximate surface area is 125 Å². The highest BCUT2D eigenvalue weighted by Crippen LogP contribution is 2.23. The second-order valence-electron chi connectivity index (χ2n) is 4.89. The van der Waals surface area contributed by atoms with Gasteiger partial charge in [0.15, 0.2) is 0 Å². The maximum atomic E-state index is 11.1. The molecule has 21 heavy (non-hydrogen) atoms. The normalized spacial score (nSPS) is 10.3. The average Bonchev–Trinajstić information content (AvgIpc) is 2.97. The molecule has 1 heterocycles. The third-order valence-electron chi connectivity index (χ3n) is 3.08. The highest BCUT2D eigenvalue weighted by atomic mass is 16.5. The topological polar surface area (TPSA) is 56.1 Å². The number of anilines is 1. The lowest BCUT2D eigenvalue weighted by atomic mass is 10.2. The van der Waals surface area contributed by atoms with Gasteiger partial charge in [-0.25, -0.2) is 4.98 Å². The predicted molar refractivity (Wildman–Crippen MR) is 82.3 cm³/mol.